The van der Waals surface area contributed by atoms with Gasteiger partial charge >= 0.3 is 0 Å². The van der Waals surface area contributed by atoms with Gasteiger partial charge in [-0.3, -0.25) is 9.80 Å². The third-order valence-corrected chi connectivity index (χ3v) is 5.34. The monoisotopic (exact) mass is 429 g/mol. The van der Waals surface area contributed by atoms with E-state index >= 15 is 0 Å². The number of hydrogen-bond acceptors (Lipinski definition) is 6. The largest absolute Gasteiger partial charge is 0.382 e. The predicted molar refractivity (Wildman–Crippen MR) is 126 cm³/mol. The van der Waals surface area contributed by atoms with E-state index in [-0.39, 0.29) is 17.6 Å². The molecule has 164 valence electrons. The van der Waals surface area contributed by atoms with Gasteiger partial charge in [0.05, 0.1) is 11.9 Å². The van der Waals surface area contributed by atoms with Crippen LogP contribution in [0.3, 0.4) is 0 Å². The van der Waals surface area contributed by atoms with Gasteiger partial charge in [-0.2, -0.15) is 5.10 Å². The van der Waals surface area contributed by atoms with Crippen molar-refractivity contribution in [2.75, 3.05) is 18.8 Å². The summed E-state index contributed by atoms with van der Waals surface area (Å²) in [6.45, 7) is 2.20. The van der Waals surface area contributed by atoms with Gasteiger partial charge in [0.1, 0.15) is 5.69 Å². The molecule has 4 rings (SSSR count). The van der Waals surface area contributed by atoms with Crippen LogP contribution in [0, 0.1) is 0 Å². The summed E-state index contributed by atoms with van der Waals surface area (Å²) < 4.78 is 0. The summed E-state index contributed by atoms with van der Waals surface area (Å²) in [5, 5.41) is 9.37. The van der Waals surface area contributed by atoms with Crippen molar-refractivity contribution in [1.82, 2.24) is 20.3 Å². The number of anilines is 1. The van der Waals surface area contributed by atoms with Gasteiger partial charge in [-0.25, -0.2) is 9.97 Å². The van der Waals surface area contributed by atoms with Crippen LogP contribution in [0.4, 0.5) is 5.82 Å². The molecule has 3 aromatic rings. The molecule has 1 aromatic heterocycles. The average molecular weight is 430 g/mol. The highest BCUT2D eigenvalue weighted by Gasteiger charge is 2.15. The van der Waals surface area contributed by atoms with Gasteiger partial charge in [0.15, 0.2) is 11.7 Å². The fraction of sp³-hybridized carbons (Fsp3) is 0.250. The molecule has 0 radical (unpaired) electrons. The minimum Gasteiger partial charge on any atom is -0.382 e. The highest BCUT2D eigenvalue weighted by Crippen LogP contribution is 2.20. The Morgan fingerprint density at radius 2 is 1.84 bits per heavy atom. The Morgan fingerprint density at radius 1 is 1.06 bits per heavy atom. The van der Waals surface area contributed by atoms with E-state index in [1.165, 1.54) is 6.42 Å². The number of hydrogen-bond donors (Lipinski definition) is 3. The Balaban J connectivity index is 1.53. The van der Waals surface area contributed by atoms with Gasteiger partial charge in [-0.1, -0.05) is 42.5 Å². The molecule has 0 aliphatic carbocycles. The molecular weight excluding hydrogens is 402 g/mol. The molecule has 2 aromatic carbocycles. The van der Waals surface area contributed by atoms with E-state index in [9.17, 15) is 4.79 Å². The second kappa shape index (κ2) is 9.91. The Kier molecular flexibility index (Phi) is 6.60. The number of nitrogens with one attached hydrogen (secondary N) is 1. The minimum atomic E-state index is -0.162. The van der Waals surface area contributed by atoms with Crippen molar-refractivity contribution < 1.29 is 4.79 Å². The van der Waals surface area contributed by atoms with Crippen molar-refractivity contribution in [2.24, 2.45) is 10.8 Å². The van der Waals surface area contributed by atoms with Gasteiger partial charge in [0.25, 0.3) is 5.91 Å². The van der Waals surface area contributed by atoms with Crippen LogP contribution >= 0.6 is 0 Å². The van der Waals surface area contributed by atoms with E-state index in [0.29, 0.717) is 23.5 Å². The Hall–Kier alpha value is -3.94. The van der Waals surface area contributed by atoms with Gasteiger partial charge in [-0.05, 0) is 37.0 Å². The molecule has 0 bridgehead atoms. The molecule has 8 nitrogen and oxygen atoms in total. The highest BCUT2D eigenvalue weighted by atomic mass is 16.1. The molecule has 0 atom stereocenters. The van der Waals surface area contributed by atoms with Crippen LogP contribution in [-0.4, -0.2) is 39.8 Å². The highest BCUT2D eigenvalue weighted by molar-refractivity contribution is 6.00. The number of nitrogens with zero attached hydrogens (tertiary/aromatic N) is 4. The van der Waals surface area contributed by atoms with Crippen LogP contribution in [0.2, 0.25) is 0 Å². The first-order chi connectivity index (χ1) is 15.6. The average Bonchev–Trinajstić information content (AvgIpc) is 2.84. The smallest absolute Gasteiger partial charge is 0.251 e. The van der Waals surface area contributed by atoms with Crippen LogP contribution in [0.5, 0.6) is 0 Å². The maximum Gasteiger partial charge on any atom is 0.251 e. The molecule has 32 heavy (non-hydrogen) atoms. The summed E-state index contributed by atoms with van der Waals surface area (Å²) in [7, 11) is 0. The summed E-state index contributed by atoms with van der Waals surface area (Å²) in [4.78, 5) is 21.5. The van der Waals surface area contributed by atoms with E-state index in [2.05, 4.69) is 20.4 Å². The molecule has 0 unspecified atom stereocenters. The number of hydrazone groups is 1. The van der Waals surface area contributed by atoms with Gasteiger partial charge < -0.3 is 16.8 Å². The zero-order valence-corrected chi connectivity index (χ0v) is 17.9. The third-order valence-electron chi connectivity index (χ3n) is 5.34. The fourth-order valence-corrected chi connectivity index (χ4v) is 3.60. The molecule has 0 spiro atoms. The first kappa shape index (κ1) is 21.3. The number of benzene rings is 2. The molecule has 1 aliphatic rings. The number of nitrogen functional groups attached to an aromatic ring is 1. The van der Waals surface area contributed by atoms with E-state index in [1.807, 2.05) is 47.5 Å². The zero-order valence-electron chi connectivity index (χ0n) is 17.9. The number of aromatic nitrogens is 2. The second-order valence-electron chi connectivity index (χ2n) is 7.74. The predicted octanol–water partition coefficient (Wildman–Crippen LogP) is 2.76. The molecule has 1 fully saturated rings. The van der Waals surface area contributed by atoms with Crippen molar-refractivity contribution in [2.45, 2.75) is 25.8 Å². The fourth-order valence-electron chi connectivity index (χ4n) is 3.60. The summed E-state index contributed by atoms with van der Waals surface area (Å²) >= 11 is 0. The number of piperidine rings is 1. The van der Waals surface area contributed by atoms with E-state index in [4.69, 9.17) is 11.5 Å². The van der Waals surface area contributed by atoms with Gasteiger partial charge in [-0.15, -0.1) is 0 Å². The summed E-state index contributed by atoms with van der Waals surface area (Å²) in [6, 6.07) is 17.0. The van der Waals surface area contributed by atoms with Crippen molar-refractivity contribution in [3.05, 3.63) is 77.6 Å². The van der Waals surface area contributed by atoms with Crippen LogP contribution in [0.15, 0.2) is 65.9 Å². The molecule has 5 N–H and O–H groups in total. The molecule has 1 saturated heterocycles. The van der Waals surface area contributed by atoms with Crippen molar-refractivity contribution in [3.8, 4) is 11.3 Å². The van der Waals surface area contributed by atoms with Crippen LogP contribution in [0.25, 0.3) is 11.3 Å². The Labute approximate surface area is 187 Å². The van der Waals surface area contributed by atoms with Gasteiger partial charge in [0, 0.05) is 30.8 Å². The third kappa shape index (κ3) is 5.21. The molecule has 1 aliphatic heterocycles. The Bertz CT molecular complexity index is 1110. The lowest BCUT2D eigenvalue weighted by Gasteiger charge is -2.24. The first-order valence-corrected chi connectivity index (χ1v) is 10.7. The van der Waals surface area contributed by atoms with E-state index in [1.54, 1.807) is 18.3 Å². The quantitative estimate of drug-likeness (QED) is 0.409. The summed E-state index contributed by atoms with van der Waals surface area (Å²) in [5.74, 6) is 0.310. The number of rotatable bonds is 6. The second-order valence-corrected chi connectivity index (χ2v) is 7.74. The van der Waals surface area contributed by atoms with Crippen LogP contribution in [0.1, 0.15) is 40.9 Å². The van der Waals surface area contributed by atoms with E-state index in [0.717, 1.165) is 37.1 Å². The van der Waals surface area contributed by atoms with Gasteiger partial charge in [0.2, 0.25) is 0 Å². The zero-order chi connectivity index (χ0) is 22.3. The topological polar surface area (TPSA) is 123 Å². The van der Waals surface area contributed by atoms with Crippen LogP contribution in [-0.2, 0) is 6.54 Å². The van der Waals surface area contributed by atoms with Crippen molar-refractivity contribution in [3.63, 3.8) is 0 Å². The summed E-state index contributed by atoms with van der Waals surface area (Å²) in [5.41, 5.74) is 15.5. The molecule has 2 heterocycles. The Morgan fingerprint density at radius 3 is 2.62 bits per heavy atom. The lowest BCUT2D eigenvalue weighted by Crippen LogP contribution is -2.29. The SMILES string of the molecule is NC(=NN1CCCCC1)c1nc(-c2cccc(C(=O)NCc3ccccc3)c2)cnc1N. The molecule has 8 heteroatoms. The number of carbonyl (C=O) groups excluding carboxylic acids is 1. The maximum atomic E-state index is 12.6. The first-order valence-electron chi connectivity index (χ1n) is 10.7. The molecular formula is C24H27N7O. The molecule has 1 amide bonds. The minimum absolute atomic E-state index is 0.162. The number of carbonyl (C=O) groups is 1. The summed E-state index contributed by atoms with van der Waals surface area (Å²) in [6.07, 6.45) is 4.97. The standard InChI is InChI=1S/C24H27N7O/c25-22-21(23(26)30-31-12-5-2-6-13-31)29-20(16-27-22)18-10-7-11-19(14-18)24(32)28-15-17-8-3-1-4-9-17/h1,3-4,7-11,14,16H,2,5-6,12-13,15H2,(H2,25,27)(H2,26,30)(H,28,32). The molecule has 0 saturated carbocycles. The lowest BCUT2D eigenvalue weighted by molar-refractivity contribution is 0.0951. The van der Waals surface area contributed by atoms with E-state index < -0.39 is 0 Å². The van der Waals surface area contributed by atoms with Crippen molar-refractivity contribution in [1.29, 1.82) is 0 Å². The van der Waals surface area contributed by atoms with Crippen molar-refractivity contribution >= 4 is 17.6 Å². The number of nitrogens with two attached hydrogens (primary N) is 2. The number of amidine groups is 1. The van der Waals surface area contributed by atoms with Crippen LogP contribution < -0.4 is 16.8 Å². The normalized spacial score (nSPS) is 14.2. The lowest BCUT2D eigenvalue weighted by atomic mass is 10.1. The maximum absolute atomic E-state index is 12.6. The number of amides is 1.